The molecule has 0 atom stereocenters. The zero-order valence-electron chi connectivity index (χ0n) is 41.5. The number of halogens is 4. The predicted octanol–water partition coefficient (Wildman–Crippen LogP) is 19.8. The second-order valence-corrected chi connectivity index (χ2v) is 22.9. The molecule has 0 unspecified atom stereocenters. The summed E-state index contributed by atoms with van der Waals surface area (Å²) < 4.78 is 4.45. The van der Waals surface area contributed by atoms with Gasteiger partial charge in [-0.1, -0.05) is 261 Å². The van der Waals surface area contributed by atoms with E-state index in [2.05, 4.69) is 261 Å². The molecule has 0 saturated carbocycles. The highest BCUT2D eigenvalue weighted by molar-refractivity contribution is 9.11. The van der Waals surface area contributed by atoms with Crippen LogP contribution in [0.15, 0.2) is 212 Å². The molecule has 0 fully saturated rings. The van der Waals surface area contributed by atoms with Crippen molar-refractivity contribution in [1.82, 2.24) is 0 Å². The maximum atomic E-state index is 8.67. The van der Waals surface area contributed by atoms with Gasteiger partial charge in [-0.25, -0.2) is 0 Å². The first-order chi connectivity index (χ1) is 35.7. The zero-order chi connectivity index (χ0) is 51.5. The minimum Gasteiger partial charge on any atom is -0.423 e. The molecule has 13 aromatic carbocycles. The first-order valence-corrected chi connectivity index (χ1v) is 27.8. The van der Waals surface area contributed by atoms with Crippen LogP contribution >= 0.6 is 63.7 Å². The van der Waals surface area contributed by atoms with Crippen LogP contribution < -0.4 is 5.46 Å². The van der Waals surface area contributed by atoms with Gasteiger partial charge in [0.1, 0.15) is 0 Å². The van der Waals surface area contributed by atoms with Crippen LogP contribution in [0, 0.1) is 34.6 Å². The molecule has 0 radical (unpaired) electrons. The smallest absolute Gasteiger partial charge is 0.423 e. The fraction of sp³-hybridized carbons (Fsp3) is 0.0746. The number of aryl methyl sites for hydroxylation is 5. The van der Waals surface area contributed by atoms with E-state index in [4.69, 9.17) is 10.0 Å². The third-order valence-electron chi connectivity index (χ3n) is 14.4. The molecule has 2 N–H and O–H groups in total. The summed E-state index contributed by atoms with van der Waals surface area (Å²) >= 11 is 14.7. The van der Waals surface area contributed by atoms with Crippen LogP contribution in [0.3, 0.4) is 0 Å². The Bertz CT molecular complexity index is 3730. The minimum absolute atomic E-state index is 0.533. The molecular weight excluding hydrogens is 1170 g/mol. The second kappa shape index (κ2) is 20.5. The summed E-state index contributed by atoms with van der Waals surface area (Å²) in [7, 11) is -1.35. The van der Waals surface area contributed by atoms with Crippen LogP contribution in [0.2, 0.25) is 0 Å². The van der Waals surface area contributed by atoms with Crippen LogP contribution in [0.5, 0.6) is 0 Å². The van der Waals surface area contributed by atoms with Gasteiger partial charge in [0.05, 0.1) is 0 Å². The highest BCUT2D eigenvalue weighted by atomic mass is 79.9. The van der Waals surface area contributed by atoms with Crippen molar-refractivity contribution in [2.24, 2.45) is 0 Å². The first-order valence-electron chi connectivity index (χ1n) is 24.6. The minimum atomic E-state index is -1.35. The lowest BCUT2D eigenvalue weighted by molar-refractivity contribution is 0.426. The zero-order valence-corrected chi connectivity index (χ0v) is 47.8. The molecule has 0 heterocycles. The second-order valence-electron chi connectivity index (χ2n) is 19.5. The summed E-state index contributed by atoms with van der Waals surface area (Å²) in [4.78, 5) is 0. The van der Waals surface area contributed by atoms with Gasteiger partial charge in [-0.05, 0) is 173 Å². The van der Waals surface area contributed by atoms with Gasteiger partial charge in [0.25, 0.3) is 0 Å². The molecule has 0 aromatic heterocycles. The van der Waals surface area contributed by atoms with Crippen LogP contribution in [0.1, 0.15) is 27.8 Å². The molecule has 2 nitrogen and oxygen atoms in total. The molecule has 0 aliphatic rings. The van der Waals surface area contributed by atoms with Gasteiger partial charge >= 0.3 is 7.12 Å². The van der Waals surface area contributed by atoms with Crippen molar-refractivity contribution >= 4 is 141 Å². The summed E-state index contributed by atoms with van der Waals surface area (Å²) in [5.41, 5.74) is 16.9. The van der Waals surface area contributed by atoms with Crippen molar-refractivity contribution in [3.05, 3.63) is 240 Å². The topological polar surface area (TPSA) is 40.5 Å². The molecule has 360 valence electrons. The normalized spacial score (nSPS) is 11.4. The van der Waals surface area contributed by atoms with Crippen LogP contribution in [-0.2, 0) is 0 Å². The highest BCUT2D eigenvalue weighted by Gasteiger charge is 2.22. The van der Waals surface area contributed by atoms with Gasteiger partial charge in [-0.15, -0.1) is 0 Å². The van der Waals surface area contributed by atoms with E-state index in [1.165, 1.54) is 131 Å². The molecule has 13 aromatic rings. The van der Waals surface area contributed by atoms with E-state index in [1.54, 1.807) is 12.1 Å². The maximum Gasteiger partial charge on any atom is 0.488 e. The average molecular weight is 1220 g/mol. The third kappa shape index (κ3) is 9.38. The molecule has 0 aliphatic carbocycles. The van der Waals surface area contributed by atoms with E-state index in [0.717, 1.165) is 23.5 Å². The summed E-state index contributed by atoms with van der Waals surface area (Å²) in [5, 5.41) is 32.8. The van der Waals surface area contributed by atoms with Crippen LogP contribution in [0.25, 0.3) is 109 Å². The van der Waals surface area contributed by atoms with Gasteiger partial charge in [0, 0.05) is 17.9 Å². The molecular formula is C67H49BBr4O2. The Morgan fingerprint density at radius 2 is 0.459 bits per heavy atom. The van der Waals surface area contributed by atoms with E-state index in [0.29, 0.717) is 5.46 Å². The van der Waals surface area contributed by atoms with Crippen molar-refractivity contribution in [3.63, 3.8) is 0 Å². The lowest BCUT2D eigenvalue weighted by Crippen LogP contribution is -2.29. The first kappa shape index (κ1) is 50.0. The average Bonchev–Trinajstić information content (AvgIpc) is 3.42. The van der Waals surface area contributed by atoms with Gasteiger partial charge < -0.3 is 10.0 Å². The molecule has 74 heavy (non-hydrogen) atoms. The van der Waals surface area contributed by atoms with E-state index in [-0.39, 0.29) is 0 Å². The SMILES string of the molecule is Brc1cc(Br)c2ccc3c(Br)cc(Br)c4ccc1c2c43.Cc1ccc(-c2cc(-c3ccc(C)cc3)c3ccc4c(-c5ccc(C)cc5)cc(-c5ccc(C)cc5)c5ccc2c3c54)cc1.Cc1ccc(B(O)O)cc1. The monoisotopic (exact) mass is 1210 g/mol. The maximum absolute atomic E-state index is 8.67. The summed E-state index contributed by atoms with van der Waals surface area (Å²) in [6.07, 6.45) is 0. The molecule has 7 heteroatoms. The molecule has 0 saturated heterocycles. The summed E-state index contributed by atoms with van der Waals surface area (Å²) in [5.74, 6) is 0. The standard InChI is InChI=1S/C44H34.C16H6Br4.C7H9BO2/c1-27-5-13-31(14-6-27)39-25-40(32-15-7-28(2)8-16-32)36-23-24-38-42(34-19-11-30(4)12-20-34)26-41(33-17-9-29(3)10-18-33)37-22-21-35(39)43(36)44(37)38;17-11-5-13(19)9-3-4-10-14(20)6-12(18)8-2-1-7(11)15(9)16(8)10;1-6-2-4-7(5-3-6)8(9)10/h5-26H,1-4H3;1-6H;2-5,9-10H,1H3. The van der Waals surface area contributed by atoms with E-state index < -0.39 is 7.12 Å². The Morgan fingerprint density at radius 1 is 0.257 bits per heavy atom. The number of benzene rings is 13. The lowest BCUT2D eigenvalue weighted by Gasteiger charge is -2.21. The van der Waals surface area contributed by atoms with Crippen LogP contribution in [-0.4, -0.2) is 17.2 Å². The van der Waals surface area contributed by atoms with E-state index >= 15 is 0 Å². The number of hydrogen-bond donors (Lipinski definition) is 2. The molecule has 13 rings (SSSR count). The highest BCUT2D eigenvalue weighted by Crippen LogP contribution is 2.49. The summed E-state index contributed by atoms with van der Waals surface area (Å²) in [6, 6.07) is 70.3. The fourth-order valence-corrected chi connectivity index (χ4v) is 13.3. The van der Waals surface area contributed by atoms with Crippen molar-refractivity contribution in [3.8, 4) is 44.5 Å². The molecule has 0 spiro atoms. The van der Waals surface area contributed by atoms with E-state index in [9.17, 15) is 0 Å². The fourth-order valence-electron chi connectivity index (χ4n) is 10.4. The van der Waals surface area contributed by atoms with Gasteiger partial charge in [-0.3, -0.25) is 0 Å². The summed E-state index contributed by atoms with van der Waals surface area (Å²) in [6.45, 7) is 10.6. The largest absolute Gasteiger partial charge is 0.488 e. The van der Waals surface area contributed by atoms with Crippen molar-refractivity contribution in [2.45, 2.75) is 34.6 Å². The van der Waals surface area contributed by atoms with Gasteiger partial charge in [0.15, 0.2) is 0 Å². The van der Waals surface area contributed by atoms with Crippen molar-refractivity contribution in [2.75, 3.05) is 0 Å². The van der Waals surface area contributed by atoms with Crippen molar-refractivity contribution in [1.29, 1.82) is 0 Å². The Balaban J connectivity index is 0.000000160. The lowest BCUT2D eigenvalue weighted by atomic mass is 9.80. The van der Waals surface area contributed by atoms with E-state index in [1.807, 2.05) is 19.1 Å². The molecule has 0 amide bonds. The Labute approximate surface area is 466 Å². The number of rotatable bonds is 5. The van der Waals surface area contributed by atoms with Crippen LogP contribution in [0.4, 0.5) is 0 Å². The number of hydrogen-bond acceptors (Lipinski definition) is 2. The molecule has 0 bridgehead atoms. The Morgan fingerprint density at radius 3 is 0.689 bits per heavy atom. The third-order valence-corrected chi connectivity index (χ3v) is 17.0. The van der Waals surface area contributed by atoms with Gasteiger partial charge in [0.2, 0.25) is 0 Å². The van der Waals surface area contributed by atoms with Crippen molar-refractivity contribution < 1.29 is 10.0 Å². The Kier molecular flexibility index (Phi) is 13.9. The quantitative estimate of drug-likeness (QED) is 0.133. The Hall–Kier alpha value is -6.16. The predicted molar refractivity (Wildman–Crippen MR) is 333 cm³/mol. The van der Waals surface area contributed by atoms with Gasteiger partial charge in [-0.2, -0.15) is 0 Å². The molecule has 0 aliphatic heterocycles.